The molecular formula is C21H27N5O2. The number of fused-ring (bicyclic) bond motifs is 3. The molecule has 7 nitrogen and oxygen atoms in total. The van der Waals surface area contributed by atoms with Crippen LogP contribution in [0.2, 0.25) is 0 Å². The zero-order chi connectivity index (χ0) is 19.7. The first-order valence-electron chi connectivity index (χ1n) is 10.1. The van der Waals surface area contributed by atoms with Crippen molar-refractivity contribution in [1.82, 2.24) is 24.1 Å². The molecule has 148 valence electrons. The van der Waals surface area contributed by atoms with Crippen LogP contribution in [0.5, 0.6) is 0 Å². The van der Waals surface area contributed by atoms with E-state index >= 15 is 0 Å². The highest BCUT2D eigenvalue weighted by Crippen LogP contribution is 2.26. The minimum absolute atomic E-state index is 0.00541. The Morgan fingerprint density at radius 3 is 2.54 bits per heavy atom. The molecule has 3 heterocycles. The predicted molar refractivity (Wildman–Crippen MR) is 110 cm³/mol. The minimum atomic E-state index is -0.192. The minimum Gasteiger partial charge on any atom is -0.339 e. The molecule has 7 heteroatoms. The molecule has 2 aromatic heterocycles. The van der Waals surface area contributed by atoms with Crippen LogP contribution >= 0.6 is 0 Å². The lowest BCUT2D eigenvalue weighted by Crippen LogP contribution is -2.50. The zero-order valence-electron chi connectivity index (χ0n) is 16.6. The van der Waals surface area contributed by atoms with E-state index in [4.69, 9.17) is 0 Å². The van der Waals surface area contributed by atoms with Crippen molar-refractivity contribution in [2.75, 3.05) is 32.7 Å². The molecule has 4 rings (SSSR count). The molecule has 0 N–H and O–H groups in total. The molecule has 1 aliphatic heterocycles. The Balaban J connectivity index is 1.68. The number of para-hydroxylation sites is 1. The van der Waals surface area contributed by atoms with Crippen molar-refractivity contribution in [1.29, 1.82) is 0 Å². The summed E-state index contributed by atoms with van der Waals surface area (Å²) in [6, 6.07) is 8.02. The van der Waals surface area contributed by atoms with E-state index < -0.39 is 0 Å². The van der Waals surface area contributed by atoms with Gasteiger partial charge >= 0.3 is 0 Å². The molecule has 0 aliphatic carbocycles. The lowest BCUT2D eigenvalue weighted by atomic mass is 10.2. The Kier molecular flexibility index (Phi) is 5.17. The van der Waals surface area contributed by atoms with E-state index in [0.717, 1.165) is 48.9 Å². The van der Waals surface area contributed by atoms with Crippen LogP contribution in [0.4, 0.5) is 0 Å². The number of carbonyl (C=O) groups is 1. The normalized spacial score (nSPS) is 15.6. The summed E-state index contributed by atoms with van der Waals surface area (Å²) in [7, 11) is 0. The number of carbonyl (C=O) groups excluding carboxylic acids is 1. The fraction of sp³-hybridized carbons (Fsp3) is 0.476. The summed E-state index contributed by atoms with van der Waals surface area (Å²) in [4.78, 5) is 30.1. The summed E-state index contributed by atoms with van der Waals surface area (Å²) >= 11 is 0. The quantitative estimate of drug-likeness (QED) is 0.677. The van der Waals surface area contributed by atoms with Crippen molar-refractivity contribution in [3.63, 3.8) is 0 Å². The second-order valence-electron chi connectivity index (χ2n) is 7.35. The number of benzene rings is 1. The van der Waals surface area contributed by atoms with Crippen LogP contribution in [0.25, 0.3) is 21.8 Å². The lowest BCUT2D eigenvalue weighted by molar-refractivity contribution is -0.133. The fourth-order valence-electron chi connectivity index (χ4n) is 4.10. The molecule has 0 unspecified atom stereocenters. The molecule has 1 amide bonds. The van der Waals surface area contributed by atoms with Gasteiger partial charge in [0.05, 0.1) is 6.20 Å². The van der Waals surface area contributed by atoms with Crippen LogP contribution < -0.4 is 5.56 Å². The van der Waals surface area contributed by atoms with E-state index in [2.05, 4.69) is 28.4 Å². The van der Waals surface area contributed by atoms with E-state index in [1.165, 1.54) is 4.68 Å². The van der Waals surface area contributed by atoms with Gasteiger partial charge in [-0.15, -0.1) is 0 Å². The first-order valence-corrected chi connectivity index (χ1v) is 10.1. The number of likely N-dealkylation sites (N-methyl/N-ethyl adjacent to an activating group) is 1. The number of amides is 1. The molecule has 0 bridgehead atoms. The second-order valence-corrected chi connectivity index (χ2v) is 7.35. The molecule has 1 fully saturated rings. The number of rotatable bonds is 5. The summed E-state index contributed by atoms with van der Waals surface area (Å²) in [5.41, 5.74) is 1.49. The number of aryl methyl sites for hydroxylation is 1. The maximum atomic E-state index is 13.2. The highest BCUT2D eigenvalue weighted by Gasteiger charge is 2.22. The summed E-state index contributed by atoms with van der Waals surface area (Å²) in [6.07, 6.45) is 2.66. The van der Waals surface area contributed by atoms with Crippen molar-refractivity contribution in [2.24, 2.45) is 0 Å². The van der Waals surface area contributed by atoms with Crippen LogP contribution in [0, 0.1) is 0 Å². The number of aromatic nitrogens is 3. The Morgan fingerprint density at radius 1 is 1.07 bits per heavy atom. The average molecular weight is 381 g/mol. The number of piperazine rings is 1. The molecule has 3 aromatic rings. The van der Waals surface area contributed by atoms with Crippen molar-refractivity contribution >= 4 is 27.7 Å². The molecule has 0 saturated carbocycles. The third-order valence-electron chi connectivity index (χ3n) is 5.68. The van der Waals surface area contributed by atoms with Crippen LogP contribution in [-0.4, -0.2) is 62.8 Å². The zero-order valence-corrected chi connectivity index (χ0v) is 16.6. The van der Waals surface area contributed by atoms with Crippen molar-refractivity contribution in [2.45, 2.75) is 33.4 Å². The molecule has 0 atom stereocenters. The first kappa shape index (κ1) is 18.7. The van der Waals surface area contributed by atoms with Gasteiger partial charge in [-0.05, 0) is 19.0 Å². The highest BCUT2D eigenvalue weighted by atomic mass is 16.2. The Morgan fingerprint density at radius 2 is 1.82 bits per heavy atom. The third kappa shape index (κ3) is 3.20. The average Bonchev–Trinajstić information content (AvgIpc) is 3.05. The Hall–Kier alpha value is -2.67. The predicted octanol–water partition coefficient (Wildman–Crippen LogP) is 1.93. The van der Waals surface area contributed by atoms with Crippen LogP contribution in [0.3, 0.4) is 0 Å². The van der Waals surface area contributed by atoms with E-state index in [1.54, 1.807) is 6.20 Å². The van der Waals surface area contributed by atoms with Gasteiger partial charge < -0.3 is 14.4 Å². The van der Waals surface area contributed by atoms with Crippen LogP contribution in [-0.2, 0) is 17.9 Å². The van der Waals surface area contributed by atoms with Gasteiger partial charge in [0.2, 0.25) is 5.91 Å². The van der Waals surface area contributed by atoms with Gasteiger partial charge in [-0.25, -0.2) is 4.68 Å². The van der Waals surface area contributed by atoms with Crippen molar-refractivity contribution in [3.8, 4) is 0 Å². The van der Waals surface area contributed by atoms with Gasteiger partial charge in [0.15, 0.2) is 0 Å². The third-order valence-corrected chi connectivity index (χ3v) is 5.68. The standard InChI is InChI=1S/C21H27N5O2/c1-3-9-25-18-8-6-5-7-16(18)17-14-22-26(21(28)20(17)25)15-19(27)24-12-10-23(4-2)11-13-24/h5-8,14H,3-4,9-13,15H2,1-2H3. The van der Waals surface area contributed by atoms with Crippen molar-refractivity contribution < 1.29 is 4.79 Å². The number of hydrogen-bond donors (Lipinski definition) is 0. The van der Waals surface area contributed by atoms with Crippen molar-refractivity contribution in [3.05, 3.63) is 40.8 Å². The van der Waals surface area contributed by atoms with E-state index in [-0.39, 0.29) is 18.0 Å². The molecule has 28 heavy (non-hydrogen) atoms. The summed E-state index contributed by atoms with van der Waals surface area (Å²) in [5, 5.41) is 6.22. The SMILES string of the molecule is CCCn1c2ccccc2c2cnn(CC(=O)N3CCN(CC)CC3)c(=O)c21. The number of nitrogens with zero attached hydrogens (tertiary/aromatic N) is 5. The van der Waals surface area contributed by atoms with Gasteiger partial charge in [-0.1, -0.05) is 32.0 Å². The van der Waals surface area contributed by atoms with Gasteiger partial charge in [0.25, 0.3) is 5.56 Å². The first-order chi connectivity index (χ1) is 13.6. The van der Waals surface area contributed by atoms with Gasteiger partial charge in [-0.3, -0.25) is 9.59 Å². The maximum absolute atomic E-state index is 13.2. The van der Waals surface area contributed by atoms with Crippen LogP contribution in [0.15, 0.2) is 35.3 Å². The topological polar surface area (TPSA) is 63.4 Å². The summed E-state index contributed by atoms with van der Waals surface area (Å²) in [6.45, 7) is 9.17. The summed E-state index contributed by atoms with van der Waals surface area (Å²) < 4.78 is 3.39. The van der Waals surface area contributed by atoms with Gasteiger partial charge in [0.1, 0.15) is 12.1 Å². The van der Waals surface area contributed by atoms with Gasteiger partial charge in [0, 0.05) is 49.0 Å². The van der Waals surface area contributed by atoms with E-state index in [0.29, 0.717) is 18.6 Å². The fourth-order valence-corrected chi connectivity index (χ4v) is 4.10. The van der Waals surface area contributed by atoms with Gasteiger partial charge in [-0.2, -0.15) is 5.10 Å². The molecule has 0 radical (unpaired) electrons. The molecule has 1 aliphatic rings. The monoisotopic (exact) mass is 381 g/mol. The Labute approximate surface area is 164 Å². The Bertz CT molecular complexity index is 1060. The molecule has 0 spiro atoms. The molecular weight excluding hydrogens is 354 g/mol. The van der Waals surface area contributed by atoms with E-state index in [1.807, 2.05) is 29.2 Å². The molecule has 1 saturated heterocycles. The lowest BCUT2D eigenvalue weighted by Gasteiger charge is -2.34. The largest absolute Gasteiger partial charge is 0.339 e. The summed E-state index contributed by atoms with van der Waals surface area (Å²) in [5.74, 6) is -0.0390. The smallest absolute Gasteiger partial charge is 0.291 e. The highest BCUT2D eigenvalue weighted by molar-refractivity contribution is 6.07. The maximum Gasteiger partial charge on any atom is 0.291 e. The number of hydrogen-bond acceptors (Lipinski definition) is 4. The molecule has 1 aromatic carbocycles. The van der Waals surface area contributed by atoms with E-state index in [9.17, 15) is 9.59 Å². The second kappa shape index (κ2) is 7.75. The van der Waals surface area contributed by atoms with Crippen LogP contribution in [0.1, 0.15) is 20.3 Å².